The summed E-state index contributed by atoms with van der Waals surface area (Å²) in [4.78, 5) is 12.3. The van der Waals surface area contributed by atoms with E-state index in [2.05, 4.69) is 0 Å². The minimum Gasteiger partial charge on any atom is -0.493 e. The summed E-state index contributed by atoms with van der Waals surface area (Å²) >= 11 is 5.69. The van der Waals surface area contributed by atoms with Gasteiger partial charge >= 0.3 is 0 Å². The smallest absolute Gasteiger partial charge is 0.171 e. The van der Waals surface area contributed by atoms with Gasteiger partial charge in [0, 0.05) is 11.4 Å². The van der Waals surface area contributed by atoms with E-state index in [4.69, 9.17) is 16.3 Å². The van der Waals surface area contributed by atoms with Crippen molar-refractivity contribution < 1.29 is 13.9 Å². The summed E-state index contributed by atoms with van der Waals surface area (Å²) in [6.07, 6.45) is -0.0207. The van der Waals surface area contributed by atoms with Crippen LogP contribution in [0.3, 0.4) is 0 Å². The van der Waals surface area contributed by atoms with Crippen molar-refractivity contribution in [1.29, 1.82) is 0 Å². The van der Waals surface area contributed by atoms with Crippen molar-refractivity contribution in [3.05, 3.63) is 64.4 Å². The van der Waals surface area contributed by atoms with Crippen LogP contribution in [0.15, 0.2) is 42.5 Å². The molecular formula is C16H14ClFO2. The Labute approximate surface area is 122 Å². The minimum atomic E-state index is -0.472. The van der Waals surface area contributed by atoms with Crippen LogP contribution in [0.1, 0.15) is 22.8 Å². The van der Waals surface area contributed by atoms with E-state index in [1.807, 2.05) is 6.92 Å². The molecule has 2 aromatic carbocycles. The quantitative estimate of drug-likeness (QED) is 0.768. The van der Waals surface area contributed by atoms with E-state index in [9.17, 15) is 9.18 Å². The Kier molecular flexibility index (Phi) is 4.74. The van der Waals surface area contributed by atoms with E-state index in [-0.39, 0.29) is 12.2 Å². The van der Waals surface area contributed by atoms with Gasteiger partial charge in [-0.15, -0.1) is 0 Å². The summed E-state index contributed by atoms with van der Waals surface area (Å²) in [7, 11) is 0. The van der Waals surface area contributed by atoms with Gasteiger partial charge in [0.1, 0.15) is 11.6 Å². The maximum absolute atomic E-state index is 13.7. The molecule has 0 saturated heterocycles. The van der Waals surface area contributed by atoms with Crippen LogP contribution in [0.2, 0.25) is 5.02 Å². The first-order valence-electron chi connectivity index (χ1n) is 6.30. The van der Waals surface area contributed by atoms with Gasteiger partial charge in [0.05, 0.1) is 12.2 Å². The van der Waals surface area contributed by atoms with Crippen LogP contribution in [0.4, 0.5) is 4.39 Å². The van der Waals surface area contributed by atoms with Crippen LogP contribution in [0.25, 0.3) is 0 Å². The number of carbonyl (C=O) groups is 1. The zero-order valence-electron chi connectivity index (χ0n) is 11.0. The zero-order valence-corrected chi connectivity index (χ0v) is 11.8. The van der Waals surface area contributed by atoms with Crippen molar-refractivity contribution in [3.63, 3.8) is 0 Å². The number of rotatable bonds is 5. The Morgan fingerprint density at radius 1 is 1.25 bits per heavy atom. The predicted molar refractivity (Wildman–Crippen MR) is 77.1 cm³/mol. The third-order valence-electron chi connectivity index (χ3n) is 2.85. The van der Waals surface area contributed by atoms with E-state index < -0.39 is 5.82 Å². The highest BCUT2D eigenvalue weighted by Gasteiger charge is 2.14. The molecular weight excluding hydrogens is 279 g/mol. The number of halogens is 2. The van der Waals surface area contributed by atoms with Crippen molar-refractivity contribution >= 4 is 17.4 Å². The van der Waals surface area contributed by atoms with Crippen LogP contribution >= 0.6 is 11.6 Å². The van der Waals surface area contributed by atoms with E-state index in [0.29, 0.717) is 28.5 Å². The van der Waals surface area contributed by atoms with E-state index in [1.54, 1.807) is 30.3 Å². The number of ether oxygens (including phenoxy) is 1. The van der Waals surface area contributed by atoms with Gasteiger partial charge in [-0.2, -0.15) is 0 Å². The molecule has 104 valence electrons. The Bertz CT molecular complexity index is 626. The van der Waals surface area contributed by atoms with Gasteiger partial charge in [0.25, 0.3) is 0 Å². The molecule has 0 aliphatic heterocycles. The summed E-state index contributed by atoms with van der Waals surface area (Å²) in [6.45, 7) is 2.32. The summed E-state index contributed by atoms with van der Waals surface area (Å²) in [5.74, 6) is -0.135. The second kappa shape index (κ2) is 6.53. The second-order valence-electron chi connectivity index (χ2n) is 4.26. The molecule has 0 saturated carbocycles. The van der Waals surface area contributed by atoms with Crippen molar-refractivity contribution in [2.75, 3.05) is 6.61 Å². The molecule has 2 nitrogen and oxygen atoms in total. The lowest BCUT2D eigenvalue weighted by Crippen LogP contribution is -2.08. The Morgan fingerprint density at radius 3 is 2.70 bits per heavy atom. The molecule has 2 rings (SSSR count). The average Bonchev–Trinajstić information content (AvgIpc) is 2.43. The van der Waals surface area contributed by atoms with Crippen LogP contribution in [0.5, 0.6) is 5.75 Å². The third kappa shape index (κ3) is 3.36. The summed E-state index contributed by atoms with van der Waals surface area (Å²) < 4.78 is 19.1. The van der Waals surface area contributed by atoms with Gasteiger partial charge in [-0.25, -0.2) is 4.39 Å². The summed E-state index contributed by atoms with van der Waals surface area (Å²) in [5.41, 5.74) is 0.786. The van der Waals surface area contributed by atoms with Crippen LogP contribution in [0, 0.1) is 5.82 Å². The molecule has 0 N–H and O–H groups in total. The topological polar surface area (TPSA) is 26.3 Å². The minimum absolute atomic E-state index is 0.0207. The second-order valence-corrected chi connectivity index (χ2v) is 4.70. The van der Waals surface area contributed by atoms with Crippen molar-refractivity contribution in [1.82, 2.24) is 0 Å². The Balaban J connectivity index is 2.24. The highest BCUT2D eigenvalue weighted by Crippen LogP contribution is 2.22. The maximum atomic E-state index is 13.7. The van der Waals surface area contributed by atoms with E-state index in [1.165, 1.54) is 12.1 Å². The zero-order chi connectivity index (χ0) is 14.5. The van der Waals surface area contributed by atoms with Crippen LogP contribution < -0.4 is 4.74 Å². The molecule has 0 spiro atoms. The lowest BCUT2D eigenvalue weighted by Gasteiger charge is -2.09. The number of benzene rings is 2. The highest BCUT2D eigenvalue weighted by molar-refractivity contribution is 6.30. The number of carbonyl (C=O) groups excluding carboxylic acids is 1. The molecule has 0 amide bonds. The molecule has 0 fully saturated rings. The van der Waals surface area contributed by atoms with Gasteiger partial charge in [-0.3, -0.25) is 4.79 Å². The van der Waals surface area contributed by atoms with E-state index in [0.717, 1.165) is 0 Å². The lowest BCUT2D eigenvalue weighted by molar-refractivity contribution is 0.0988. The summed E-state index contributed by atoms with van der Waals surface area (Å²) in [5, 5.41) is 0.313. The Hall–Kier alpha value is -1.87. The van der Waals surface area contributed by atoms with Gasteiger partial charge < -0.3 is 4.74 Å². The first kappa shape index (κ1) is 14.5. The SMILES string of the molecule is CCOc1ccccc1C(=O)Cc1ccc(Cl)cc1F. The molecule has 20 heavy (non-hydrogen) atoms. The van der Waals surface area contributed by atoms with Gasteiger partial charge in [-0.1, -0.05) is 29.8 Å². The number of Topliss-reactive ketones (excluding diaryl/α,β-unsaturated/α-hetero) is 1. The number of ketones is 1. The average molecular weight is 293 g/mol. The molecule has 0 atom stereocenters. The van der Waals surface area contributed by atoms with Crippen LogP contribution in [-0.2, 0) is 6.42 Å². The maximum Gasteiger partial charge on any atom is 0.171 e. The molecule has 0 aliphatic rings. The number of hydrogen-bond acceptors (Lipinski definition) is 2. The molecule has 4 heteroatoms. The molecule has 0 unspecified atom stereocenters. The fourth-order valence-electron chi connectivity index (χ4n) is 1.91. The van der Waals surface area contributed by atoms with Crippen LogP contribution in [-0.4, -0.2) is 12.4 Å². The first-order chi connectivity index (χ1) is 9.61. The Morgan fingerprint density at radius 2 is 2.00 bits per heavy atom. The fourth-order valence-corrected chi connectivity index (χ4v) is 2.07. The molecule has 0 aliphatic carbocycles. The number of hydrogen-bond donors (Lipinski definition) is 0. The molecule has 0 heterocycles. The number of para-hydroxylation sites is 1. The normalized spacial score (nSPS) is 10.3. The van der Waals surface area contributed by atoms with Crippen molar-refractivity contribution in [3.8, 4) is 5.75 Å². The predicted octanol–water partition coefficient (Wildman–Crippen LogP) is 4.30. The first-order valence-corrected chi connectivity index (χ1v) is 6.68. The van der Waals surface area contributed by atoms with Gasteiger partial charge in [0.2, 0.25) is 0 Å². The van der Waals surface area contributed by atoms with E-state index >= 15 is 0 Å². The molecule has 0 bridgehead atoms. The lowest BCUT2D eigenvalue weighted by atomic mass is 10.0. The van der Waals surface area contributed by atoms with Gasteiger partial charge in [-0.05, 0) is 36.8 Å². The molecule has 0 radical (unpaired) electrons. The summed E-state index contributed by atoms with van der Waals surface area (Å²) in [6, 6.07) is 11.3. The third-order valence-corrected chi connectivity index (χ3v) is 3.09. The van der Waals surface area contributed by atoms with Crippen molar-refractivity contribution in [2.24, 2.45) is 0 Å². The van der Waals surface area contributed by atoms with Crippen molar-refractivity contribution in [2.45, 2.75) is 13.3 Å². The monoisotopic (exact) mass is 292 g/mol. The molecule has 0 aromatic heterocycles. The largest absolute Gasteiger partial charge is 0.493 e. The highest BCUT2D eigenvalue weighted by atomic mass is 35.5. The standard InChI is InChI=1S/C16H14ClFO2/c1-2-20-16-6-4-3-5-13(16)15(19)9-11-7-8-12(17)10-14(11)18/h3-8,10H,2,9H2,1H3. The fraction of sp³-hybridized carbons (Fsp3) is 0.188. The van der Waals surface area contributed by atoms with Gasteiger partial charge in [0.15, 0.2) is 5.78 Å². The molecule has 2 aromatic rings.